The third kappa shape index (κ3) is 2.24. The molecule has 0 bridgehead atoms. The van der Waals surface area contributed by atoms with E-state index in [0.29, 0.717) is 17.9 Å². The Morgan fingerprint density at radius 3 is 2.75 bits per heavy atom. The summed E-state index contributed by atoms with van der Waals surface area (Å²) in [4.78, 5) is 24.0. The van der Waals surface area contributed by atoms with Crippen LogP contribution in [-0.2, 0) is 9.59 Å². The molecule has 0 spiro atoms. The second kappa shape index (κ2) is 5.94. The second-order valence-electron chi connectivity index (χ2n) is 5.02. The Hall–Kier alpha value is -2.04. The van der Waals surface area contributed by atoms with Gasteiger partial charge in [0, 0.05) is 30.3 Å². The molecule has 0 aliphatic carbocycles. The first-order valence-corrected chi connectivity index (χ1v) is 6.77. The molecule has 2 unspecified atom stereocenters. The maximum absolute atomic E-state index is 11.4. The van der Waals surface area contributed by atoms with Gasteiger partial charge in [0.2, 0.25) is 0 Å². The van der Waals surface area contributed by atoms with Gasteiger partial charge in [0.25, 0.3) is 0 Å². The Kier molecular flexibility index (Phi) is 4.27. The number of anilines is 2. The third-order valence-electron chi connectivity index (χ3n) is 3.97. The first-order valence-electron chi connectivity index (χ1n) is 6.77. The number of methoxy groups -OCH3 is 1. The fourth-order valence-corrected chi connectivity index (χ4v) is 2.89. The molecule has 1 aromatic carbocycles. The van der Waals surface area contributed by atoms with Crippen LogP contribution in [0.25, 0.3) is 0 Å². The van der Waals surface area contributed by atoms with Crippen molar-refractivity contribution >= 4 is 23.9 Å². The molecule has 20 heavy (non-hydrogen) atoms. The van der Waals surface area contributed by atoms with Gasteiger partial charge in [0.15, 0.2) is 0 Å². The van der Waals surface area contributed by atoms with E-state index in [0.717, 1.165) is 36.8 Å². The summed E-state index contributed by atoms with van der Waals surface area (Å²) in [6.07, 6.45) is 3.15. The molecule has 108 valence electrons. The number of rotatable bonds is 6. The van der Waals surface area contributed by atoms with Crippen LogP contribution < -0.4 is 15.4 Å². The van der Waals surface area contributed by atoms with E-state index in [2.05, 4.69) is 4.90 Å². The Balaban J connectivity index is 2.39. The fourth-order valence-electron chi connectivity index (χ4n) is 2.89. The van der Waals surface area contributed by atoms with Crippen LogP contribution in [0.5, 0.6) is 5.75 Å². The normalized spacial score (nSPS) is 20.6. The Morgan fingerprint density at radius 2 is 2.15 bits per heavy atom. The summed E-state index contributed by atoms with van der Waals surface area (Å²) in [5, 5.41) is 0. The van der Waals surface area contributed by atoms with Crippen molar-refractivity contribution in [3.05, 3.63) is 17.7 Å². The number of unbranched alkanes of at least 4 members (excludes halogenated alkanes) is 1. The number of nitrogens with two attached hydrogens (primary N) is 1. The maximum atomic E-state index is 11.4. The van der Waals surface area contributed by atoms with Crippen molar-refractivity contribution in [3.63, 3.8) is 0 Å². The molecule has 0 amide bonds. The topological polar surface area (TPSA) is 72.6 Å². The van der Waals surface area contributed by atoms with Crippen molar-refractivity contribution < 1.29 is 14.3 Å². The number of carbonyl (C=O) groups is 2. The lowest BCUT2D eigenvalue weighted by atomic mass is 9.96. The van der Waals surface area contributed by atoms with Crippen molar-refractivity contribution in [2.45, 2.75) is 31.7 Å². The van der Waals surface area contributed by atoms with Crippen LogP contribution in [0.3, 0.4) is 0 Å². The van der Waals surface area contributed by atoms with Crippen molar-refractivity contribution in [3.8, 4) is 5.75 Å². The first-order chi connectivity index (χ1) is 9.65. The molecular formula is C15H20N2O3. The van der Waals surface area contributed by atoms with Gasteiger partial charge in [-0.25, -0.2) is 0 Å². The number of carbonyl (C=O) groups excluding carboxylic acids is 2. The average Bonchev–Trinajstić information content (AvgIpc) is 2.73. The minimum absolute atomic E-state index is 0.0450. The van der Waals surface area contributed by atoms with Gasteiger partial charge in [-0.05, 0) is 25.5 Å². The molecule has 0 fully saturated rings. The molecule has 1 aromatic rings. The average molecular weight is 276 g/mol. The summed E-state index contributed by atoms with van der Waals surface area (Å²) < 4.78 is 5.23. The van der Waals surface area contributed by atoms with E-state index in [4.69, 9.17) is 10.5 Å². The number of aldehydes is 2. The molecular weight excluding hydrogens is 256 g/mol. The summed E-state index contributed by atoms with van der Waals surface area (Å²) in [5.41, 5.74) is 8.47. The highest BCUT2D eigenvalue weighted by Gasteiger charge is 2.37. The lowest BCUT2D eigenvalue weighted by molar-refractivity contribution is -0.109. The van der Waals surface area contributed by atoms with Gasteiger partial charge in [-0.15, -0.1) is 0 Å². The zero-order valence-electron chi connectivity index (χ0n) is 11.8. The van der Waals surface area contributed by atoms with E-state index in [9.17, 15) is 9.59 Å². The van der Waals surface area contributed by atoms with E-state index >= 15 is 0 Å². The largest absolute Gasteiger partial charge is 0.495 e. The van der Waals surface area contributed by atoms with Gasteiger partial charge in [0.05, 0.1) is 18.7 Å². The molecule has 2 N–H and O–H groups in total. The summed E-state index contributed by atoms with van der Waals surface area (Å²) in [5.74, 6) is 0.342. The molecule has 0 saturated heterocycles. The van der Waals surface area contributed by atoms with Gasteiger partial charge in [-0.2, -0.15) is 0 Å². The van der Waals surface area contributed by atoms with Crippen molar-refractivity contribution in [1.29, 1.82) is 0 Å². The van der Waals surface area contributed by atoms with Crippen LogP contribution in [0.4, 0.5) is 11.4 Å². The summed E-state index contributed by atoms with van der Waals surface area (Å²) in [6.45, 7) is 2.74. The minimum Gasteiger partial charge on any atom is -0.495 e. The number of benzene rings is 1. The molecule has 5 heteroatoms. The Labute approximate surface area is 118 Å². The molecule has 0 aromatic heterocycles. The standard InChI is InChI=1S/C15H20N2O3/c1-10-11(9-19)14-12(17(10)7-3-4-8-18)5-6-13(20-2)15(14)16/h5-6,8-11H,3-4,7,16H2,1-2H3. The van der Waals surface area contributed by atoms with E-state index in [-0.39, 0.29) is 12.0 Å². The van der Waals surface area contributed by atoms with Gasteiger partial charge < -0.3 is 25.0 Å². The number of hydrogen-bond acceptors (Lipinski definition) is 5. The minimum atomic E-state index is -0.253. The van der Waals surface area contributed by atoms with Crippen LogP contribution in [0.1, 0.15) is 31.2 Å². The maximum Gasteiger partial charge on any atom is 0.142 e. The van der Waals surface area contributed by atoms with Gasteiger partial charge >= 0.3 is 0 Å². The zero-order chi connectivity index (χ0) is 14.7. The number of hydrogen-bond donors (Lipinski definition) is 1. The number of fused-ring (bicyclic) bond motifs is 1. The molecule has 5 nitrogen and oxygen atoms in total. The van der Waals surface area contributed by atoms with E-state index in [1.807, 2.05) is 19.1 Å². The van der Waals surface area contributed by atoms with E-state index in [1.54, 1.807) is 7.11 Å². The highest BCUT2D eigenvalue weighted by molar-refractivity contribution is 5.84. The highest BCUT2D eigenvalue weighted by Crippen LogP contribution is 2.46. The summed E-state index contributed by atoms with van der Waals surface area (Å²) >= 11 is 0. The van der Waals surface area contributed by atoms with Crippen LogP contribution in [0, 0.1) is 0 Å². The van der Waals surface area contributed by atoms with Crippen LogP contribution in [0.15, 0.2) is 12.1 Å². The molecule has 0 saturated carbocycles. The van der Waals surface area contributed by atoms with Crippen LogP contribution in [-0.4, -0.2) is 32.3 Å². The number of ether oxygens (including phenoxy) is 1. The first kappa shape index (κ1) is 14.4. The summed E-state index contributed by atoms with van der Waals surface area (Å²) in [6, 6.07) is 3.80. The van der Waals surface area contributed by atoms with E-state index < -0.39 is 0 Å². The van der Waals surface area contributed by atoms with Gasteiger partial charge in [-0.3, -0.25) is 0 Å². The smallest absolute Gasteiger partial charge is 0.142 e. The lowest BCUT2D eigenvalue weighted by Crippen LogP contribution is -2.32. The molecule has 0 radical (unpaired) electrons. The number of nitrogen functional groups attached to an aromatic ring is 1. The van der Waals surface area contributed by atoms with Crippen molar-refractivity contribution in [2.24, 2.45) is 0 Å². The highest BCUT2D eigenvalue weighted by atomic mass is 16.5. The zero-order valence-corrected chi connectivity index (χ0v) is 11.8. The number of nitrogens with zero attached hydrogens (tertiary/aromatic N) is 1. The van der Waals surface area contributed by atoms with Crippen molar-refractivity contribution in [1.82, 2.24) is 0 Å². The SMILES string of the molecule is COc1ccc2c(c1N)C(C=O)C(C)N2CCCC=O. The second-order valence-corrected chi connectivity index (χ2v) is 5.02. The Morgan fingerprint density at radius 1 is 1.40 bits per heavy atom. The van der Waals surface area contributed by atoms with Crippen LogP contribution >= 0.6 is 0 Å². The third-order valence-corrected chi connectivity index (χ3v) is 3.97. The van der Waals surface area contributed by atoms with Crippen LogP contribution in [0.2, 0.25) is 0 Å². The molecule has 1 aliphatic heterocycles. The quantitative estimate of drug-likeness (QED) is 0.487. The molecule has 2 atom stereocenters. The molecule has 2 rings (SSSR count). The predicted octanol–water partition coefficient (Wildman–Crippen LogP) is 1.75. The molecule has 1 aliphatic rings. The fraction of sp³-hybridized carbons (Fsp3) is 0.467. The van der Waals surface area contributed by atoms with Gasteiger partial charge in [-0.1, -0.05) is 0 Å². The van der Waals surface area contributed by atoms with Crippen molar-refractivity contribution in [2.75, 3.05) is 24.3 Å². The molecule has 1 heterocycles. The van der Waals surface area contributed by atoms with Gasteiger partial charge in [0.1, 0.15) is 18.3 Å². The van der Waals surface area contributed by atoms with E-state index in [1.165, 1.54) is 0 Å². The Bertz CT molecular complexity index is 516. The predicted molar refractivity (Wildman–Crippen MR) is 78.3 cm³/mol. The lowest BCUT2D eigenvalue weighted by Gasteiger charge is -2.25. The monoisotopic (exact) mass is 276 g/mol. The summed E-state index contributed by atoms with van der Waals surface area (Å²) in [7, 11) is 1.56.